The average Bonchev–Trinajstić information content (AvgIpc) is 3.77. The topological polar surface area (TPSA) is 13.1 Å². The fourth-order valence-corrected chi connectivity index (χ4v) is 11.2. The van der Waals surface area contributed by atoms with Crippen molar-refractivity contribution in [2.24, 2.45) is 0 Å². The molecule has 9 heteroatoms. The summed E-state index contributed by atoms with van der Waals surface area (Å²) in [4.78, 5) is 0. The van der Waals surface area contributed by atoms with Gasteiger partial charge in [-0.15, -0.1) is 21.9 Å². The Morgan fingerprint density at radius 1 is 0.383 bits per heavy atom. The molecule has 1 heterocycles. The van der Waals surface area contributed by atoms with Gasteiger partial charge in [-0.3, -0.25) is 0 Å². The normalized spacial score (nSPS) is 13.2. The Bertz CT molecular complexity index is 3470. The van der Waals surface area contributed by atoms with Gasteiger partial charge in [-0.1, -0.05) is 139 Å². The van der Waals surface area contributed by atoms with Crippen LogP contribution in [0.3, 0.4) is 0 Å². The van der Waals surface area contributed by atoms with Gasteiger partial charge in [0.15, 0.2) is 0 Å². The summed E-state index contributed by atoms with van der Waals surface area (Å²) >= 11 is 0. The molecule has 0 saturated carbocycles. The Balaban J connectivity index is 1.21. The van der Waals surface area contributed by atoms with E-state index in [1.807, 2.05) is 0 Å². The van der Waals surface area contributed by atoms with Crippen LogP contribution in [0.15, 0.2) is 126 Å². The van der Waals surface area contributed by atoms with Crippen molar-refractivity contribution in [3.63, 3.8) is 0 Å². The maximum atomic E-state index is 6.61. The van der Waals surface area contributed by atoms with E-state index in [1.54, 1.807) is 0 Å². The Kier molecular flexibility index (Phi) is 8.06. The summed E-state index contributed by atoms with van der Waals surface area (Å²) in [7, 11) is 18.7. The van der Waals surface area contributed by atoms with Gasteiger partial charge in [0.1, 0.15) is 73.9 Å². The van der Waals surface area contributed by atoms with Crippen molar-refractivity contribution < 1.29 is 4.42 Å². The number of furan rings is 1. The lowest BCUT2D eigenvalue weighted by molar-refractivity contribution is 0.660. The maximum absolute atomic E-state index is 6.61. The smallest absolute Gasteiger partial charge is 0.143 e. The van der Waals surface area contributed by atoms with Crippen LogP contribution in [0, 0.1) is 0 Å². The SMILES string of the molecule is Bc1c(B)c(B)c2c(-c3ccc4c(c3)-c3ccccc3C4(C)C)c3c(B)c(B)c(B)c(B)c3c(-c3ccc(-c4cccc5oc6c7ccccc7ccc6c45)cc3)c2c1B. The van der Waals surface area contributed by atoms with E-state index in [9.17, 15) is 0 Å². The molecule has 0 amide bonds. The van der Waals surface area contributed by atoms with Crippen LogP contribution in [0.25, 0.3) is 98.8 Å². The molecular weight excluding hydrogens is 715 g/mol. The fraction of sp³-hybridized carbons (Fsp3) is 0.0588. The van der Waals surface area contributed by atoms with Crippen molar-refractivity contribution in [1.29, 1.82) is 0 Å². The molecule has 1 nitrogen and oxygen atoms in total. The third kappa shape index (κ3) is 4.93. The predicted octanol–water partition coefficient (Wildman–Crippen LogP) is 0.420. The van der Waals surface area contributed by atoms with Crippen LogP contribution >= 0.6 is 0 Å². The molecule has 0 spiro atoms. The predicted molar refractivity (Wildman–Crippen MR) is 286 cm³/mol. The van der Waals surface area contributed by atoms with Gasteiger partial charge in [0.25, 0.3) is 0 Å². The lowest BCUT2D eigenvalue weighted by Crippen LogP contribution is -2.50. The minimum atomic E-state index is -0.0460. The highest BCUT2D eigenvalue weighted by Crippen LogP contribution is 2.51. The first kappa shape index (κ1) is 37.1. The van der Waals surface area contributed by atoms with Crippen molar-refractivity contribution in [2.75, 3.05) is 0 Å². The summed E-state index contributed by atoms with van der Waals surface area (Å²) in [5, 5.41) is 10.2. The van der Waals surface area contributed by atoms with Crippen molar-refractivity contribution in [3.8, 4) is 44.5 Å². The molecule has 9 aromatic carbocycles. The van der Waals surface area contributed by atoms with Crippen molar-refractivity contribution in [3.05, 3.63) is 132 Å². The van der Waals surface area contributed by atoms with Crippen LogP contribution < -0.4 is 43.7 Å². The summed E-state index contributed by atoms with van der Waals surface area (Å²) in [5.41, 5.74) is 25.9. The van der Waals surface area contributed by atoms with Gasteiger partial charge in [0.2, 0.25) is 0 Å². The van der Waals surface area contributed by atoms with Gasteiger partial charge in [-0.05, 0) is 101 Å². The molecule has 1 aromatic heterocycles. The zero-order valence-corrected chi connectivity index (χ0v) is 36.5. The Labute approximate surface area is 359 Å². The molecule has 0 bridgehead atoms. The Morgan fingerprint density at radius 3 is 1.55 bits per heavy atom. The van der Waals surface area contributed by atoms with Gasteiger partial charge >= 0.3 is 0 Å². The third-order valence-corrected chi connectivity index (χ3v) is 15.1. The number of hydrogen-bond donors (Lipinski definition) is 0. The Morgan fingerprint density at radius 2 is 0.900 bits per heavy atom. The zero-order valence-electron chi connectivity index (χ0n) is 36.5. The number of rotatable bonds is 3. The van der Waals surface area contributed by atoms with Gasteiger partial charge in [0, 0.05) is 21.6 Å². The minimum absolute atomic E-state index is 0.0460. The van der Waals surface area contributed by atoms with Crippen LogP contribution in [-0.2, 0) is 5.41 Å². The molecule has 0 saturated heterocycles. The number of benzene rings is 9. The molecule has 0 atom stereocenters. The second-order valence-corrected chi connectivity index (χ2v) is 18.2. The highest BCUT2D eigenvalue weighted by Gasteiger charge is 2.36. The second-order valence-electron chi connectivity index (χ2n) is 18.2. The first-order valence-electron chi connectivity index (χ1n) is 21.5. The summed E-state index contributed by atoms with van der Waals surface area (Å²) in [6.45, 7) is 4.75. The Hall–Kier alpha value is -5.92. The fourth-order valence-electron chi connectivity index (χ4n) is 11.2. The molecule has 0 fully saturated rings. The summed E-state index contributed by atoms with van der Waals surface area (Å²) in [6.07, 6.45) is 0. The summed E-state index contributed by atoms with van der Waals surface area (Å²) in [5.74, 6) is 0. The maximum Gasteiger partial charge on any atom is 0.143 e. The van der Waals surface area contributed by atoms with E-state index in [-0.39, 0.29) is 5.41 Å². The largest absolute Gasteiger partial charge is 0.455 e. The quantitative estimate of drug-likeness (QED) is 0.189. The molecule has 276 valence electrons. The number of fused-ring (bicyclic) bond motifs is 10. The van der Waals surface area contributed by atoms with Crippen LogP contribution in [0.4, 0.5) is 0 Å². The summed E-state index contributed by atoms with van der Waals surface area (Å²) in [6, 6.07) is 45.2. The van der Waals surface area contributed by atoms with E-state index in [1.165, 1.54) is 132 Å². The molecule has 10 aromatic rings. The average molecular weight is 757 g/mol. The van der Waals surface area contributed by atoms with Crippen LogP contribution in [-0.4, -0.2) is 62.8 Å². The summed E-state index contributed by atoms with van der Waals surface area (Å²) < 4.78 is 6.61. The lowest BCUT2D eigenvalue weighted by atomic mass is 9.59. The third-order valence-electron chi connectivity index (χ3n) is 15.1. The van der Waals surface area contributed by atoms with Gasteiger partial charge in [0.05, 0.1) is 0 Å². The molecule has 0 radical (unpaired) electrons. The van der Waals surface area contributed by atoms with Gasteiger partial charge in [-0.2, -0.15) is 0 Å². The van der Waals surface area contributed by atoms with Crippen molar-refractivity contribution in [2.45, 2.75) is 19.3 Å². The van der Waals surface area contributed by atoms with Gasteiger partial charge < -0.3 is 4.42 Å². The van der Waals surface area contributed by atoms with E-state index in [2.05, 4.69) is 198 Å². The van der Waals surface area contributed by atoms with E-state index < -0.39 is 0 Å². The van der Waals surface area contributed by atoms with Crippen molar-refractivity contribution >= 4 is 161 Å². The lowest BCUT2D eigenvalue weighted by Gasteiger charge is -2.28. The van der Waals surface area contributed by atoms with E-state index >= 15 is 0 Å². The van der Waals surface area contributed by atoms with Crippen LogP contribution in [0.2, 0.25) is 0 Å². The monoisotopic (exact) mass is 758 g/mol. The minimum Gasteiger partial charge on any atom is -0.455 e. The molecular formula is C51H42B8O. The van der Waals surface area contributed by atoms with E-state index in [0.29, 0.717) is 0 Å². The second kappa shape index (κ2) is 13.0. The van der Waals surface area contributed by atoms with Crippen molar-refractivity contribution in [1.82, 2.24) is 0 Å². The highest BCUT2D eigenvalue weighted by atomic mass is 16.3. The first-order valence-corrected chi connectivity index (χ1v) is 21.5. The van der Waals surface area contributed by atoms with Gasteiger partial charge in [-0.25, -0.2) is 0 Å². The standard InChI is InChI=1S/C51H42B8O/c1-51(2)32-12-6-5-10-29(32)31-22-26(19-21-33(31)51)36-40-38(42(52)46(56)48(58)44(40)54)35(39-41(36)45(55)49(59)47(57)43(39)53)25-16-14-24(15-17-25)27-11-7-13-34-37(27)30-20-18-23-8-3-4-9-28(23)50(30)60-34/h3-22H,52-59H2,1-2H3. The molecule has 60 heavy (non-hydrogen) atoms. The molecule has 1 aliphatic carbocycles. The number of hydrogen-bond acceptors (Lipinski definition) is 1. The molecule has 0 unspecified atom stereocenters. The van der Waals surface area contributed by atoms with Crippen LogP contribution in [0.5, 0.6) is 0 Å². The van der Waals surface area contributed by atoms with Crippen LogP contribution in [0.1, 0.15) is 25.0 Å². The highest BCUT2D eigenvalue weighted by molar-refractivity contribution is 6.71. The molecule has 0 N–H and O–H groups in total. The van der Waals surface area contributed by atoms with E-state index in [0.717, 1.165) is 21.9 Å². The molecule has 0 aliphatic heterocycles. The molecule has 1 aliphatic rings. The first-order chi connectivity index (χ1) is 28.9. The van der Waals surface area contributed by atoms with E-state index in [4.69, 9.17) is 4.42 Å². The molecule has 11 rings (SSSR count). The zero-order chi connectivity index (χ0) is 41.5.